The van der Waals surface area contributed by atoms with Gasteiger partial charge in [-0.3, -0.25) is 9.59 Å². The van der Waals surface area contributed by atoms with Gasteiger partial charge in [0.05, 0.1) is 0 Å². The van der Waals surface area contributed by atoms with Crippen molar-refractivity contribution in [3.05, 3.63) is 29.3 Å². The van der Waals surface area contributed by atoms with Crippen LogP contribution in [0.4, 0.5) is 5.69 Å². The van der Waals surface area contributed by atoms with Crippen molar-refractivity contribution in [3.63, 3.8) is 0 Å². The van der Waals surface area contributed by atoms with Gasteiger partial charge in [-0.25, -0.2) is 0 Å². The SMILES string of the molecule is CNCC1CCCN(C(=O)c2ccc3c(c2)CCN3C(C)=O)C1.Cl. The lowest BCUT2D eigenvalue weighted by Crippen LogP contribution is -2.42. The molecule has 3 rings (SSSR count). The Balaban J connectivity index is 0.00000208. The van der Waals surface area contributed by atoms with Crippen molar-refractivity contribution in [2.75, 3.05) is 38.1 Å². The zero-order chi connectivity index (χ0) is 16.4. The molecule has 1 N–H and O–H groups in total. The number of carbonyl (C=O) groups excluding carboxylic acids is 2. The highest BCUT2D eigenvalue weighted by atomic mass is 35.5. The van der Waals surface area contributed by atoms with E-state index in [2.05, 4.69) is 5.32 Å². The highest BCUT2D eigenvalue weighted by Gasteiger charge is 2.27. The molecule has 2 aliphatic rings. The molecule has 1 saturated heterocycles. The summed E-state index contributed by atoms with van der Waals surface area (Å²) in [4.78, 5) is 28.2. The summed E-state index contributed by atoms with van der Waals surface area (Å²) in [5.41, 5.74) is 2.81. The Hall–Kier alpha value is -1.59. The van der Waals surface area contributed by atoms with E-state index in [9.17, 15) is 9.59 Å². The number of nitrogens with one attached hydrogen (secondary N) is 1. The van der Waals surface area contributed by atoms with Gasteiger partial charge in [0, 0.05) is 37.8 Å². The molecule has 0 saturated carbocycles. The van der Waals surface area contributed by atoms with E-state index >= 15 is 0 Å². The molecule has 2 aliphatic heterocycles. The maximum Gasteiger partial charge on any atom is 0.253 e. The fourth-order valence-electron chi connectivity index (χ4n) is 3.75. The van der Waals surface area contributed by atoms with Gasteiger partial charge in [-0.05, 0) is 62.5 Å². The van der Waals surface area contributed by atoms with E-state index in [1.807, 2.05) is 30.1 Å². The molecule has 132 valence electrons. The highest BCUT2D eigenvalue weighted by Crippen LogP contribution is 2.29. The minimum absolute atomic E-state index is 0. The van der Waals surface area contributed by atoms with E-state index < -0.39 is 0 Å². The molecule has 0 aromatic heterocycles. The van der Waals surface area contributed by atoms with Crippen LogP contribution in [-0.4, -0.2) is 49.9 Å². The highest BCUT2D eigenvalue weighted by molar-refractivity contribution is 5.98. The number of likely N-dealkylation sites (tertiary alicyclic amines) is 1. The largest absolute Gasteiger partial charge is 0.338 e. The van der Waals surface area contributed by atoms with Crippen molar-refractivity contribution >= 4 is 29.9 Å². The van der Waals surface area contributed by atoms with Crippen molar-refractivity contribution in [2.24, 2.45) is 5.92 Å². The van der Waals surface area contributed by atoms with Crippen LogP contribution < -0.4 is 10.2 Å². The number of benzene rings is 1. The number of nitrogens with zero attached hydrogens (tertiary/aromatic N) is 2. The number of fused-ring (bicyclic) bond motifs is 1. The summed E-state index contributed by atoms with van der Waals surface area (Å²) < 4.78 is 0. The summed E-state index contributed by atoms with van der Waals surface area (Å²) in [6.07, 6.45) is 3.09. The van der Waals surface area contributed by atoms with E-state index in [0.717, 1.165) is 55.8 Å². The molecule has 1 aromatic carbocycles. The summed E-state index contributed by atoms with van der Waals surface area (Å²) in [6, 6.07) is 5.76. The quantitative estimate of drug-likeness (QED) is 0.907. The van der Waals surface area contributed by atoms with E-state index in [4.69, 9.17) is 0 Å². The first kappa shape index (κ1) is 18.7. The summed E-state index contributed by atoms with van der Waals surface area (Å²) in [7, 11) is 1.96. The first-order valence-corrected chi connectivity index (χ1v) is 8.45. The fourth-order valence-corrected chi connectivity index (χ4v) is 3.75. The number of hydrogen-bond donors (Lipinski definition) is 1. The van der Waals surface area contributed by atoms with Crippen molar-refractivity contribution in [1.82, 2.24) is 10.2 Å². The minimum Gasteiger partial charge on any atom is -0.338 e. The van der Waals surface area contributed by atoms with Gasteiger partial charge in [-0.2, -0.15) is 0 Å². The third kappa shape index (κ3) is 3.73. The lowest BCUT2D eigenvalue weighted by Gasteiger charge is -2.33. The number of piperidine rings is 1. The molecule has 24 heavy (non-hydrogen) atoms. The van der Waals surface area contributed by atoms with E-state index in [1.54, 1.807) is 11.8 Å². The zero-order valence-electron chi connectivity index (χ0n) is 14.4. The standard InChI is InChI=1S/C18H25N3O2.ClH/c1-13(22)21-9-7-15-10-16(5-6-17(15)21)18(23)20-8-3-4-14(12-20)11-19-2;/h5-6,10,14,19H,3-4,7-9,11-12H2,1-2H3;1H. The first-order chi connectivity index (χ1) is 11.1. The van der Waals surface area contributed by atoms with Gasteiger partial charge in [0.25, 0.3) is 5.91 Å². The third-order valence-corrected chi connectivity index (χ3v) is 4.90. The van der Waals surface area contributed by atoms with Crippen LogP contribution in [0.15, 0.2) is 18.2 Å². The molecular weight excluding hydrogens is 326 g/mol. The number of carbonyl (C=O) groups is 2. The molecule has 0 radical (unpaired) electrons. The van der Waals surface area contributed by atoms with Crippen LogP contribution in [0.1, 0.15) is 35.7 Å². The average molecular weight is 352 g/mol. The number of rotatable bonds is 3. The summed E-state index contributed by atoms with van der Waals surface area (Å²) >= 11 is 0. The lowest BCUT2D eigenvalue weighted by atomic mass is 9.97. The second kappa shape index (κ2) is 7.99. The zero-order valence-corrected chi connectivity index (χ0v) is 15.2. The van der Waals surface area contributed by atoms with Gasteiger partial charge in [-0.1, -0.05) is 0 Å². The Kier molecular flexibility index (Phi) is 6.24. The van der Waals surface area contributed by atoms with Crippen molar-refractivity contribution in [1.29, 1.82) is 0 Å². The van der Waals surface area contributed by atoms with Crippen molar-refractivity contribution in [3.8, 4) is 0 Å². The predicted molar refractivity (Wildman–Crippen MR) is 98.0 cm³/mol. The molecular formula is C18H26ClN3O2. The smallest absolute Gasteiger partial charge is 0.253 e. The van der Waals surface area contributed by atoms with Crippen LogP contribution in [0.2, 0.25) is 0 Å². The van der Waals surface area contributed by atoms with Crippen LogP contribution in [0.25, 0.3) is 0 Å². The van der Waals surface area contributed by atoms with E-state index in [1.165, 1.54) is 6.42 Å². The Labute approximate surface area is 149 Å². The number of hydrogen-bond acceptors (Lipinski definition) is 3. The molecule has 0 aliphatic carbocycles. The van der Waals surface area contributed by atoms with Crippen LogP contribution in [0.3, 0.4) is 0 Å². The second-order valence-electron chi connectivity index (χ2n) is 6.58. The Morgan fingerprint density at radius 2 is 2.08 bits per heavy atom. The fraction of sp³-hybridized carbons (Fsp3) is 0.556. The molecule has 5 nitrogen and oxygen atoms in total. The van der Waals surface area contributed by atoms with E-state index in [0.29, 0.717) is 5.92 Å². The second-order valence-corrected chi connectivity index (χ2v) is 6.58. The molecule has 0 spiro atoms. The monoisotopic (exact) mass is 351 g/mol. The number of anilines is 1. The average Bonchev–Trinajstić information content (AvgIpc) is 2.98. The maximum atomic E-state index is 12.8. The Bertz CT molecular complexity index is 618. The Morgan fingerprint density at radius 3 is 2.79 bits per heavy atom. The van der Waals surface area contributed by atoms with Gasteiger partial charge in [0.1, 0.15) is 0 Å². The van der Waals surface area contributed by atoms with Crippen LogP contribution in [0, 0.1) is 5.92 Å². The predicted octanol–water partition coefficient (Wildman–Crippen LogP) is 2.09. The van der Waals surface area contributed by atoms with Crippen LogP contribution >= 0.6 is 12.4 Å². The minimum atomic E-state index is 0. The van der Waals surface area contributed by atoms with E-state index in [-0.39, 0.29) is 24.2 Å². The summed E-state index contributed by atoms with van der Waals surface area (Å²) in [6.45, 7) is 4.94. The molecule has 2 heterocycles. The molecule has 1 unspecified atom stereocenters. The first-order valence-electron chi connectivity index (χ1n) is 8.45. The molecule has 2 amide bonds. The molecule has 1 fully saturated rings. The van der Waals surface area contributed by atoms with Gasteiger partial charge in [0.15, 0.2) is 0 Å². The lowest BCUT2D eigenvalue weighted by molar-refractivity contribution is -0.116. The van der Waals surface area contributed by atoms with Crippen LogP contribution in [0.5, 0.6) is 0 Å². The third-order valence-electron chi connectivity index (χ3n) is 4.90. The Morgan fingerprint density at radius 1 is 1.29 bits per heavy atom. The van der Waals surface area contributed by atoms with Gasteiger partial charge < -0.3 is 15.1 Å². The molecule has 0 bridgehead atoms. The summed E-state index contributed by atoms with van der Waals surface area (Å²) in [5.74, 6) is 0.726. The maximum absolute atomic E-state index is 12.8. The summed E-state index contributed by atoms with van der Waals surface area (Å²) in [5, 5.41) is 3.21. The molecule has 1 atom stereocenters. The van der Waals surface area contributed by atoms with Gasteiger partial charge in [0.2, 0.25) is 5.91 Å². The topological polar surface area (TPSA) is 52.7 Å². The number of halogens is 1. The normalized spacial score (nSPS) is 19.7. The molecule has 1 aromatic rings. The number of amides is 2. The van der Waals surface area contributed by atoms with Crippen molar-refractivity contribution < 1.29 is 9.59 Å². The molecule has 6 heteroatoms. The van der Waals surface area contributed by atoms with Gasteiger partial charge in [-0.15, -0.1) is 12.4 Å². The van der Waals surface area contributed by atoms with Crippen molar-refractivity contribution in [2.45, 2.75) is 26.2 Å². The van der Waals surface area contributed by atoms with Gasteiger partial charge >= 0.3 is 0 Å². The van der Waals surface area contributed by atoms with Crippen LogP contribution in [-0.2, 0) is 11.2 Å².